The zero-order valence-electron chi connectivity index (χ0n) is 10.0. The Bertz CT molecular complexity index is 205. The summed E-state index contributed by atoms with van der Waals surface area (Å²) in [7, 11) is 1.37. The first-order chi connectivity index (χ1) is 7.08. The van der Waals surface area contributed by atoms with Crippen molar-refractivity contribution in [2.24, 2.45) is 5.92 Å². The van der Waals surface area contributed by atoms with E-state index < -0.39 is 6.16 Å². The summed E-state index contributed by atoms with van der Waals surface area (Å²) < 4.78 is 10.1. The van der Waals surface area contributed by atoms with Gasteiger partial charge in [0.05, 0.1) is 7.11 Å². The number of hydrogen-bond donors (Lipinski definition) is 0. The van der Waals surface area contributed by atoms with Gasteiger partial charge in [-0.15, -0.1) is 0 Å². The highest BCUT2D eigenvalue weighted by Gasteiger charge is 2.36. The Hall–Kier alpha value is -0.730. The normalized spacial score (nSPS) is 20.0. The molecule has 3 heteroatoms. The first kappa shape index (κ1) is 12.3. The van der Waals surface area contributed by atoms with Crippen LogP contribution in [-0.2, 0) is 9.47 Å². The summed E-state index contributed by atoms with van der Waals surface area (Å²) in [6, 6.07) is 0. The predicted octanol–water partition coefficient (Wildman–Crippen LogP) is 3.52. The minimum absolute atomic E-state index is 0.250. The molecule has 0 spiro atoms. The third-order valence-electron chi connectivity index (χ3n) is 3.01. The fourth-order valence-electron chi connectivity index (χ4n) is 2.51. The third kappa shape index (κ3) is 3.73. The van der Waals surface area contributed by atoms with Crippen molar-refractivity contribution in [3.05, 3.63) is 0 Å². The Kier molecular flexibility index (Phi) is 4.43. The first-order valence-corrected chi connectivity index (χ1v) is 5.85. The highest BCUT2D eigenvalue weighted by Crippen LogP contribution is 2.37. The second-order valence-corrected chi connectivity index (χ2v) is 4.90. The summed E-state index contributed by atoms with van der Waals surface area (Å²) >= 11 is 0. The van der Waals surface area contributed by atoms with Crippen LogP contribution < -0.4 is 0 Å². The maximum absolute atomic E-state index is 11.2. The van der Waals surface area contributed by atoms with E-state index in [4.69, 9.17) is 4.74 Å². The molecule has 0 radical (unpaired) electrons. The van der Waals surface area contributed by atoms with Crippen LogP contribution in [0.15, 0.2) is 0 Å². The molecule has 0 unspecified atom stereocenters. The average molecular weight is 214 g/mol. The molecule has 88 valence electrons. The van der Waals surface area contributed by atoms with Crippen LogP contribution in [0, 0.1) is 5.92 Å². The highest BCUT2D eigenvalue weighted by atomic mass is 16.7. The molecule has 3 nitrogen and oxygen atoms in total. The zero-order valence-corrected chi connectivity index (χ0v) is 10.0. The van der Waals surface area contributed by atoms with Crippen molar-refractivity contribution in [1.82, 2.24) is 0 Å². The molecule has 1 aliphatic rings. The van der Waals surface area contributed by atoms with Crippen LogP contribution in [0.1, 0.15) is 52.4 Å². The first-order valence-electron chi connectivity index (χ1n) is 5.85. The van der Waals surface area contributed by atoms with E-state index in [1.54, 1.807) is 0 Å². The molecule has 1 fully saturated rings. The minimum atomic E-state index is -0.530. The lowest BCUT2D eigenvalue weighted by molar-refractivity contribution is -0.0597. The molecule has 0 atom stereocenters. The van der Waals surface area contributed by atoms with Crippen molar-refractivity contribution in [2.45, 2.75) is 58.0 Å². The quantitative estimate of drug-likeness (QED) is 0.674. The summed E-state index contributed by atoms with van der Waals surface area (Å²) in [5.74, 6) is 0.549. The van der Waals surface area contributed by atoms with Crippen LogP contribution >= 0.6 is 0 Å². The van der Waals surface area contributed by atoms with Crippen LogP contribution in [0.4, 0.5) is 4.79 Å². The van der Waals surface area contributed by atoms with Crippen LogP contribution in [0.5, 0.6) is 0 Å². The molecular weight excluding hydrogens is 192 g/mol. The van der Waals surface area contributed by atoms with Gasteiger partial charge in [0.1, 0.15) is 5.60 Å². The van der Waals surface area contributed by atoms with E-state index in [0.29, 0.717) is 5.92 Å². The van der Waals surface area contributed by atoms with Gasteiger partial charge in [-0.2, -0.15) is 0 Å². The van der Waals surface area contributed by atoms with Crippen LogP contribution in [0.3, 0.4) is 0 Å². The van der Waals surface area contributed by atoms with Gasteiger partial charge in [0.25, 0.3) is 0 Å². The summed E-state index contributed by atoms with van der Waals surface area (Å²) in [6.45, 7) is 4.33. The molecule has 0 heterocycles. The molecule has 0 aromatic heterocycles. The van der Waals surface area contributed by atoms with E-state index in [-0.39, 0.29) is 5.60 Å². The van der Waals surface area contributed by atoms with E-state index in [9.17, 15) is 4.79 Å². The molecule has 0 aromatic rings. The highest BCUT2D eigenvalue weighted by molar-refractivity contribution is 5.60. The number of carbonyl (C=O) groups is 1. The van der Waals surface area contributed by atoms with E-state index in [1.165, 1.54) is 13.5 Å². The molecule has 1 rings (SSSR count). The Morgan fingerprint density at radius 1 is 1.27 bits per heavy atom. The fraction of sp³-hybridized carbons (Fsp3) is 0.917. The van der Waals surface area contributed by atoms with Crippen molar-refractivity contribution in [1.29, 1.82) is 0 Å². The van der Waals surface area contributed by atoms with Crippen LogP contribution in [-0.4, -0.2) is 18.9 Å². The van der Waals surface area contributed by atoms with Gasteiger partial charge >= 0.3 is 6.16 Å². The molecule has 1 aliphatic carbocycles. The van der Waals surface area contributed by atoms with E-state index in [1.807, 2.05) is 0 Å². The summed E-state index contributed by atoms with van der Waals surface area (Å²) in [6.07, 6.45) is 5.96. The second kappa shape index (κ2) is 5.38. The Labute approximate surface area is 92.1 Å². The van der Waals surface area contributed by atoms with E-state index >= 15 is 0 Å². The smallest absolute Gasteiger partial charge is 0.438 e. The molecule has 0 bridgehead atoms. The monoisotopic (exact) mass is 214 g/mol. The third-order valence-corrected chi connectivity index (χ3v) is 3.01. The topological polar surface area (TPSA) is 35.5 Å². The summed E-state index contributed by atoms with van der Waals surface area (Å²) in [4.78, 5) is 11.2. The zero-order chi connectivity index (χ0) is 11.3. The fourth-order valence-corrected chi connectivity index (χ4v) is 2.51. The number of hydrogen-bond acceptors (Lipinski definition) is 3. The van der Waals surface area contributed by atoms with Crippen molar-refractivity contribution >= 4 is 6.16 Å². The lowest BCUT2D eigenvalue weighted by Gasteiger charge is -2.37. The van der Waals surface area contributed by atoms with E-state index in [2.05, 4.69) is 18.6 Å². The van der Waals surface area contributed by atoms with Crippen molar-refractivity contribution in [3.8, 4) is 0 Å². The Morgan fingerprint density at radius 2 is 1.87 bits per heavy atom. The van der Waals surface area contributed by atoms with Crippen molar-refractivity contribution < 1.29 is 14.3 Å². The van der Waals surface area contributed by atoms with Gasteiger partial charge in [0.15, 0.2) is 0 Å². The molecule has 0 N–H and O–H groups in total. The number of carbonyl (C=O) groups excluding carboxylic acids is 1. The number of rotatable bonds is 3. The van der Waals surface area contributed by atoms with Gasteiger partial charge in [0, 0.05) is 0 Å². The molecule has 0 amide bonds. The standard InChI is InChI=1S/C12H22O3/c1-10(2)9-12(15-11(13)14-3)7-5-4-6-8-12/h10H,4-9H2,1-3H3. The molecular formula is C12H22O3. The molecule has 0 aliphatic heterocycles. The maximum atomic E-state index is 11.2. The maximum Gasteiger partial charge on any atom is 0.508 e. The largest absolute Gasteiger partial charge is 0.508 e. The predicted molar refractivity (Wildman–Crippen MR) is 58.8 cm³/mol. The van der Waals surface area contributed by atoms with Crippen LogP contribution in [0.2, 0.25) is 0 Å². The van der Waals surface area contributed by atoms with Gasteiger partial charge in [-0.25, -0.2) is 4.79 Å². The van der Waals surface area contributed by atoms with Gasteiger partial charge in [-0.3, -0.25) is 0 Å². The van der Waals surface area contributed by atoms with Crippen LogP contribution in [0.25, 0.3) is 0 Å². The second-order valence-electron chi connectivity index (χ2n) is 4.90. The number of methoxy groups -OCH3 is 1. The minimum Gasteiger partial charge on any atom is -0.438 e. The molecule has 0 aromatic carbocycles. The molecule has 0 saturated heterocycles. The lowest BCUT2D eigenvalue weighted by Crippen LogP contribution is -2.38. The molecule has 15 heavy (non-hydrogen) atoms. The average Bonchev–Trinajstić information content (AvgIpc) is 2.17. The van der Waals surface area contributed by atoms with Gasteiger partial charge in [-0.1, -0.05) is 20.3 Å². The van der Waals surface area contributed by atoms with Crippen molar-refractivity contribution in [2.75, 3.05) is 7.11 Å². The van der Waals surface area contributed by atoms with Gasteiger partial charge in [0.2, 0.25) is 0 Å². The lowest BCUT2D eigenvalue weighted by atomic mass is 9.79. The summed E-state index contributed by atoms with van der Waals surface area (Å²) in [5, 5.41) is 0. The Morgan fingerprint density at radius 3 is 2.33 bits per heavy atom. The number of ether oxygens (including phenoxy) is 2. The van der Waals surface area contributed by atoms with Crippen molar-refractivity contribution in [3.63, 3.8) is 0 Å². The van der Waals surface area contributed by atoms with Gasteiger partial charge < -0.3 is 9.47 Å². The molecule has 1 saturated carbocycles. The van der Waals surface area contributed by atoms with E-state index in [0.717, 1.165) is 32.1 Å². The SMILES string of the molecule is COC(=O)OC1(CC(C)C)CCCCC1. The summed E-state index contributed by atoms with van der Waals surface area (Å²) in [5.41, 5.74) is -0.250. The van der Waals surface area contributed by atoms with Gasteiger partial charge in [-0.05, 0) is 38.0 Å². The Balaban J connectivity index is 2.61.